The maximum atomic E-state index is 13.4. The predicted octanol–water partition coefficient (Wildman–Crippen LogP) is 6.02. The average molecular weight is 542 g/mol. The number of amides is 1. The molecule has 38 heavy (non-hydrogen) atoms. The van der Waals surface area contributed by atoms with Crippen LogP contribution in [0.4, 0.5) is 5.13 Å². The number of anilines is 1. The lowest BCUT2D eigenvalue weighted by atomic mass is 9.95. The molecule has 1 unspecified atom stereocenters. The van der Waals surface area contributed by atoms with Crippen LogP contribution in [0.5, 0.6) is 5.75 Å². The second-order valence-electron chi connectivity index (χ2n) is 8.33. The van der Waals surface area contributed by atoms with E-state index in [1.165, 1.54) is 28.0 Å². The van der Waals surface area contributed by atoms with Crippen molar-refractivity contribution in [3.8, 4) is 5.75 Å². The molecule has 190 valence electrons. The van der Waals surface area contributed by atoms with Gasteiger partial charge in [0.05, 0.1) is 11.6 Å². The quantitative estimate of drug-likeness (QED) is 0.0692. The van der Waals surface area contributed by atoms with Crippen LogP contribution in [0.15, 0.2) is 107 Å². The first-order valence-corrected chi connectivity index (χ1v) is 13.6. The SMILES string of the molecule is C=CCOc1cccc(C2C(=C(O)c3ccccc3)C(=O)C(=O)N2c2nnc(SCc3ccccc3)s2)c1. The monoisotopic (exact) mass is 541 g/mol. The third-order valence-corrected chi connectivity index (χ3v) is 7.97. The van der Waals surface area contributed by atoms with Gasteiger partial charge in [0.25, 0.3) is 5.78 Å². The second-order valence-corrected chi connectivity index (χ2v) is 10.5. The van der Waals surface area contributed by atoms with Gasteiger partial charge in [-0.05, 0) is 23.3 Å². The number of hydrogen-bond donors (Lipinski definition) is 1. The highest BCUT2D eigenvalue weighted by molar-refractivity contribution is 8.00. The van der Waals surface area contributed by atoms with Crippen molar-refractivity contribution >= 4 is 45.7 Å². The fraction of sp³-hybridized carbons (Fsp3) is 0.103. The maximum absolute atomic E-state index is 13.4. The normalized spacial score (nSPS) is 16.5. The highest BCUT2D eigenvalue weighted by Crippen LogP contribution is 2.44. The lowest BCUT2D eigenvalue weighted by molar-refractivity contribution is -0.132. The van der Waals surface area contributed by atoms with E-state index in [-0.39, 0.29) is 16.5 Å². The number of rotatable bonds is 9. The summed E-state index contributed by atoms with van der Waals surface area (Å²) < 4.78 is 6.36. The van der Waals surface area contributed by atoms with E-state index in [1.807, 2.05) is 36.4 Å². The number of thioether (sulfide) groups is 1. The third kappa shape index (κ3) is 5.25. The summed E-state index contributed by atoms with van der Waals surface area (Å²) in [5.41, 5.74) is 2.15. The van der Waals surface area contributed by atoms with Gasteiger partial charge < -0.3 is 9.84 Å². The summed E-state index contributed by atoms with van der Waals surface area (Å²) in [6, 6.07) is 24.8. The summed E-state index contributed by atoms with van der Waals surface area (Å²) in [6.45, 7) is 3.97. The van der Waals surface area contributed by atoms with E-state index in [1.54, 1.807) is 54.6 Å². The van der Waals surface area contributed by atoms with Gasteiger partial charge in [-0.2, -0.15) is 0 Å². The van der Waals surface area contributed by atoms with Gasteiger partial charge in [-0.3, -0.25) is 14.5 Å². The number of aromatic nitrogens is 2. The number of benzene rings is 3. The van der Waals surface area contributed by atoms with Crippen molar-refractivity contribution in [2.24, 2.45) is 0 Å². The Hall–Kier alpha value is -4.21. The van der Waals surface area contributed by atoms with E-state index in [0.29, 0.717) is 33.6 Å². The lowest BCUT2D eigenvalue weighted by Crippen LogP contribution is -2.29. The molecule has 0 bridgehead atoms. The van der Waals surface area contributed by atoms with Crippen molar-refractivity contribution < 1.29 is 19.4 Å². The molecule has 5 rings (SSSR count). The molecule has 1 fully saturated rings. The molecule has 9 heteroatoms. The van der Waals surface area contributed by atoms with Crippen LogP contribution in [0.3, 0.4) is 0 Å². The Balaban J connectivity index is 1.55. The van der Waals surface area contributed by atoms with Gasteiger partial charge in [-0.1, -0.05) is 109 Å². The summed E-state index contributed by atoms with van der Waals surface area (Å²) in [5.74, 6) is -0.585. The Kier molecular flexibility index (Phi) is 7.67. The molecule has 2 heterocycles. The summed E-state index contributed by atoms with van der Waals surface area (Å²) in [7, 11) is 0. The fourth-order valence-electron chi connectivity index (χ4n) is 4.10. The zero-order valence-electron chi connectivity index (χ0n) is 20.2. The molecule has 0 saturated carbocycles. The lowest BCUT2D eigenvalue weighted by Gasteiger charge is -2.23. The van der Waals surface area contributed by atoms with Gasteiger partial charge in [-0.25, -0.2) is 0 Å². The van der Waals surface area contributed by atoms with Crippen LogP contribution in [0, 0.1) is 0 Å². The first kappa shape index (κ1) is 25.4. The Labute approximate surface area is 228 Å². The molecule has 7 nitrogen and oxygen atoms in total. The number of ketones is 1. The smallest absolute Gasteiger partial charge is 0.301 e. The van der Waals surface area contributed by atoms with Crippen molar-refractivity contribution in [2.45, 2.75) is 16.1 Å². The Morgan fingerprint density at radius 2 is 1.76 bits per heavy atom. The van der Waals surface area contributed by atoms with Crippen molar-refractivity contribution in [1.29, 1.82) is 0 Å². The number of aliphatic hydroxyl groups excluding tert-OH is 1. The van der Waals surface area contributed by atoms with E-state index >= 15 is 0 Å². The third-order valence-electron chi connectivity index (χ3n) is 5.84. The van der Waals surface area contributed by atoms with Crippen LogP contribution in [-0.2, 0) is 15.3 Å². The number of nitrogens with zero attached hydrogens (tertiary/aromatic N) is 3. The zero-order chi connectivity index (χ0) is 26.5. The Bertz CT molecular complexity index is 1500. The molecule has 1 saturated heterocycles. The second kappa shape index (κ2) is 11.5. The number of carbonyl (C=O) groups excluding carboxylic acids is 2. The van der Waals surface area contributed by atoms with Gasteiger partial charge in [0.1, 0.15) is 18.1 Å². The predicted molar refractivity (Wildman–Crippen MR) is 149 cm³/mol. The molecule has 1 amide bonds. The van der Waals surface area contributed by atoms with Crippen molar-refractivity contribution in [3.63, 3.8) is 0 Å². The van der Waals surface area contributed by atoms with Gasteiger partial charge in [0.2, 0.25) is 5.13 Å². The van der Waals surface area contributed by atoms with Crippen LogP contribution >= 0.6 is 23.1 Å². The Morgan fingerprint density at radius 3 is 2.50 bits per heavy atom. The van der Waals surface area contributed by atoms with E-state index in [4.69, 9.17) is 4.74 Å². The van der Waals surface area contributed by atoms with Crippen LogP contribution in [0.2, 0.25) is 0 Å². The fourth-order valence-corrected chi connectivity index (χ4v) is 5.93. The minimum absolute atomic E-state index is 0.0178. The maximum Gasteiger partial charge on any atom is 0.301 e. The van der Waals surface area contributed by atoms with Crippen LogP contribution in [0.1, 0.15) is 22.7 Å². The standard InChI is InChI=1S/C29H23N3O4S2/c1-2-16-36-22-15-9-14-21(17-22)24-23(25(33)20-12-7-4-8-13-20)26(34)27(35)32(24)28-30-31-29(38-28)37-18-19-10-5-3-6-11-19/h2-15,17,24,33H,1,16,18H2. The minimum Gasteiger partial charge on any atom is -0.507 e. The molecule has 1 aliphatic rings. The average Bonchev–Trinajstić information content (AvgIpc) is 3.53. The molecule has 3 aromatic carbocycles. The number of carbonyl (C=O) groups is 2. The first-order chi connectivity index (χ1) is 18.6. The first-order valence-electron chi connectivity index (χ1n) is 11.8. The molecular formula is C29H23N3O4S2. The largest absolute Gasteiger partial charge is 0.507 e. The van der Waals surface area contributed by atoms with Crippen LogP contribution in [-0.4, -0.2) is 33.6 Å². The molecule has 1 aromatic heterocycles. The molecule has 0 spiro atoms. The van der Waals surface area contributed by atoms with E-state index in [0.717, 1.165) is 5.56 Å². The summed E-state index contributed by atoms with van der Waals surface area (Å²) in [4.78, 5) is 28.1. The minimum atomic E-state index is -0.914. The molecular weight excluding hydrogens is 518 g/mol. The van der Waals surface area contributed by atoms with Gasteiger partial charge in [-0.15, -0.1) is 10.2 Å². The van der Waals surface area contributed by atoms with Gasteiger partial charge >= 0.3 is 5.91 Å². The van der Waals surface area contributed by atoms with Crippen molar-refractivity contribution in [3.05, 3.63) is 120 Å². The molecule has 4 aromatic rings. The number of aliphatic hydroxyl groups is 1. The highest BCUT2D eigenvalue weighted by atomic mass is 32.2. The summed E-state index contributed by atoms with van der Waals surface area (Å²) in [6.07, 6.45) is 1.63. The van der Waals surface area contributed by atoms with E-state index in [2.05, 4.69) is 16.8 Å². The number of ether oxygens (including phenoxy) is 1. The zero-order valence-corrected chi connectivity index (χ0v) is 21.8. The van der Waals surface area contributed by atoms with E-state index in [9.17, 15) is 14.7 Å². The van der Waals surface area contributed by atoms with E-state index < -0.39 is 17.7 Å². The molecule has 0 radical (unpaired) electrons. The molecule has 1 N–H and O–H groups in total. The van der Waals surface area contributed by atoms with Crippen LogP contribution in [0.25, 0.3) is 5.76 Å². The topological polar surface area (TPSA) is 92.6 Å². The van der Waals surface area contributed by atoms with Crippen LogP contribution < -0.4 is 9.64 Å². The summed E-state index contributed by atoms with van der Waals surface area (Å²) >= 11 is 2.73. The number of Topliss-reactive ketones (excluding diaryl/α,β-unsaturated/α-hetero) is 1. The molecule has 0 aliphatic carbocycles. The molecule has 1 atom stereocenters. The Morgan fingerprint density at radius 1 is 1.03 bits per heavy atom. The van der Waals surface area contributed by atoms with Gasteiger partial charge in [0, 0.05) is 11.3 Å². The van der Waals surface area contributed by atoms with Crippen molar-refractivity contribution in [2.75, 3.05) is 11.5 Å². The number of hydrogen-bond acceptors (Lipinski definition) is 8. The summed E-state index contributed by atoms with van der Waals surface area (Å²) in [5, 5.41) is 20.0. The van der Waals surface area contributed by atoms with Gasteiger partial charge in [0.15, 0.2) is 4.34 Å². The van der Waals surface area contributed by atoms with Crippen molar-refractivity contribution in [1.82, 2.24) is 10.2 Å². The molecule has 1 aliphatic heterocycles. The highest BCUT2D eigenvalue weighted by Gasteiger charge is 2.48.